The lowest BCUT2D eigenvalue weighted by atomic mass is 10.1. The summed E-state index contributed by atoms with van der Waals surface area (Å²) in [6, 6.07) is 9.75. The second kappa shape index (κ2) is 6.69. The molecule has 8 heteroatoms. The van der Waals surface area contributed by atoms with Crippen LogP contribution < -0.4 is 0 Å². The van der Waals surface area contributed by atoms with E-state index in [4.69, 9.17) is 0 Å². The van der Waals surface area contributed by atoms with Crippen LogP contribution in [0.1, 0.15) is 21.5 Å². The van der Waals surface area contributed by atoms with Gasteiger partial charge < -0.3 is 4.90 Å². The molecule has 0 aliphatic heterocycles. The van der Waals surface area contributed by atoms with Gasteiger partial charge in [-0.05, 0) is 23.8 Å². The number of nitrogens with zero attached hydrogens (tertiary/aromatic N) is 2. The average Bonchev–Trinajstić information content (AvgIpc) is 2.53. The van der Waals surface area contributed by atoms with Crippen molar-refractivity contribution in [3.63, 3.8) is 0 Å². The van der Waals surface area contributed by atoms with E-state index in [-0.39, 0.29) is 17.8 Å². The smallest absolute Gasteiger partial charge is 0.337 e. The zero-order chi connectivity index (χ0) is 17.9. The van der Waals surface area contributed by atoms with E-state index >= 15 is 0 Å². The number of nitro groups is 1. The fraction of sp³-hybridized carbons (Fsp3) is 0.188. The minimum Gasteiger partial charge on any atom is -0.337 e. The number of amides is 1. The van der Waals surface area contributed by atoms with Crippen molar-refractivity contribution in [3.05, 3.63) is 75.3 Å². The molecule has 0 aliphatic carbocycles. The van der Waals surface area contributed by atoms with Crippen LogP contribution >= 0.6 is 0 Å². The number of carbonyl (C=O) groups is 1. The number of benzene rings is 2. The maximum absolute atomic E-state index is 12.5. The Labute approximate surface area is 135 Å². The van der Waals surface area contributed by atoms with Crippen LogP contribution in [-0.4, -0.2) is 22.8 Å². The van der Waals surface area contributed by atoms with E-state index < -0.39 is 22.6 Å². The highest BCUT2D eigenvalue weighted by atomic mass is 19.4. The number of hydrogen-bond acceptors (Lipinski definition) is 3. The fourth-order valence-corrected chi connectivity index (χ4v) is 2.12. The van der Waals surface area contributed by atoms with Gasteiger partial charge in [-0.15, -0.1) is 0 Å². The number of hydrogen-bond donors (Lipinski definition) is 0. The van der Waals surface area contributed by atoms with E-state index in [0.717, 1.165) is 18.2 Å². The van der Waals surface area contributed by atoms with Gasteiger partial charge in [-0.25, -0.2) is 0 Å². The van der Waals surface area contributed by atoms with Gasteiger partial charge in [0.1, 0.15) is 0 Å². The Balaban J connectivity index is 2.11. The van der Waals surface area contributed by atoms with Gasteiger partial charge in [-0.2, -0.15) is 13.2 Å². The van der Waals surface area contributed by atoms with Gasteiger partial charge >= 0.3 is 6.18 Å². The van der Waals surface area contributed by atoms with Gasteiger partial charge in [-0.1, -0.05) is 18.2 Å². The van der Waals surface area contributed by atoms with Crippen LogP contribution in [0.5, 0.6) is 0 Å². The van der Waals surface area contributed by atoms with Crippen molar-refractivity contribution in [1.82, 2.24) is 4.90 Å². The molecule has 0 bridgehead atoms. The highest BCUT2D eigenvalue weighted by molar-refractivity contribution is 5.94. The number of non-ortho nitro benzene ring substituents is 1. The molecule has 1 amide bonds. The van der Waals surface area contributed by atoms with Crippen LogP contribution in [0, 0.1) is 10.1 Å². The highest BCUT2D eigenvalue weighted by Gasteiger charge is 2.30. The summed E-state index contributed by atoms with van der Waals surface area (Å²) in [5.74, 6) is -0.460. The largest absolute Gasteiger partial charge is 0.416 e. The Kier molecular flexibility index (Phi) is 4.87. The lowest BCUT2D eigenvalue weighted by Gasteiger charge is -2.17. The van der Waals surface area contributed by atoms with Crippen molar-refractivity contribution < 1.29 is 22.9 Å². The Morgan fingerprint density at radius 3 is 2.33 bits per heavy atom. The number of carbonyl (C=O) groups excluding carboxylic acids is 1. The van der Waals surface area contributed by atoms with Crippen LogP contribution in [0.3, 0.4) is 0 Å². The minimum absolute atomic E-state index is 0.0830. The molecule has 0 heterocycles. The summed E-state index contributed by atoms with van der Waals surface area (Å²) in [6.45, 7) is 0.0830. The molecule has 0 saturated carbocycles. The molecule has 0 atom stereocenters. The molecular weight excluding hydrogens is 325 g/mol. The number of halogens is 3. The van der Waals surface area contributed by atoms with Crippen LogP contribution in [0.2, 0.25) is 0 Å². The van der Waals surface area contributed by atoms with Gasteiger partial charge in [0.15, 0.2) is 0 Å². The molecule has 0 saturated heterocycles. The Morgan fingerprint density at radius 2 is 1.79 bits per heavy atom. The van der Waals surface area contributed by atoms with E-state index in [1.165, 1.54) is 42.3 Å². The lowest BCUT2D eigenvalue weighted by Crippen LogP contribution is -2.26. The number of rotatable bonds is 4. The van der Waals surface area contributed by atoms with Crippen LogP contribution in [-0.2, 0) is 12.7 Å². The first-order chi connectivity index (χ1) is 11.2. The quantitative estimate of drug-likeness (QED) is 0.628. The molecule has 0 aromatic heterocycles. The molecule has 126 valence electrons. The molecule has 2 aromatic carbocycles. The first kappa shape index (κ1) is 17.5. The van der Waals surface area contributed by atoms with E-state index in [1.54, 1.807) is 0 Å². The summed E-state index contributed by atoms with van der Waals surface area (Å²) >= 11 is 0. The molecule has 0 fully saturated rings. The average molecular weight is 338 g/mol. The summed E-state index contributed by atoms with van der Waals surface area (Å²) in [7, 11) is 1.47. The Hall–Kier alpha value is -2.90. The van der Waals surface area contributed by atoms with Gasteiger partial charge in [0, 0.05) is 31.3 Å². The van der Waals surface area contributed by atoms with Gasteiger partial charge in [0.05, 0.1) is 10.5 Å². The first-order valence-corrected chi connectivity index (χ1v) is 6.84. The summed E-state index contributed by atoms with van der Waals surface area (Å²) in [5, 5.41) is 10.7. The zero-order valence-corrected chi connectivity index (χ0v) is 12.6. The second-order valence-corrected chi connectivity index (χ2v) is 5.16. The summed E-state index contributed by atoms with van der Waals surface area (Å²) < 4.78 is 37.5. The van der Waals surface area contributed by atoms with Crippen molar-refractivity contribution in [3.8, 4) is 0 Å². The van der Waals surface area contributed by atoms with Gasteiger partial charge in [0.25, 0.3) is 11.6 Å². The summed E-state index contributed by atoms with van der Waals surface area (Å²) in [4.78, 5) is 23.7. The molecule has 24 heavy (non-hydrogen) atoms. The molecule has 0 aliphatic rings. The van der Waals surface area contributed by atoms with Crippen LogP contribution in [0.4, 0.5) is 18.9 Å². The number of alkyl halides is 3. The predicted octanol–water partition coefficient (Wildman–Crippen LogP) is 3.89. The predicted molar refractivity (Wildman–Crippen MR) is 80.3 cm³/mol. The molecule has 0 radical (unpaired) electrons. The molecule has 2 rings (SSSR count). The van der Waals surface area contributed by atoms with E-state index in [1.807, 2.05) is 0 Å². The third-order valence-electron chi connectivity index (χ3n) is 3.35. The summed E-state index contributed by atoms with van der Waals surface area (Å²) in [5.41, 5.74) is -0.314. The highest BCUT2D eigenvalue weighted by Crippen LogP contribution is 2.29. The third-order valence-corrected chi connectivity index (χ3v) is 3.35. The maximum atomic E-state index is 12.5. The van der Waals surface area contributed by atoms with E-state index in [0.29, 0.717) is 5.56 Å². The molecule has 0 N–H and O–H groups in total. The third kappa shape index (κ3) is 4.09. The summed E-state index contributed by atoms with van der Waals surface area (Å²) in [6.07, 6.45) is -4.41. The number of nitro benzene ring substituents is 1. The van der Waals surface area contributed by atoms with E-state index in [9.17, 15) is 28.1 Å². The normalized spacial score (nSPS) is 11.2. The zero-order valence-electron chi connectivity index (χ0n) is 12.6. The molecule has 0 unspecified atom stereocenters. The van der Waals surface area contributed by atoms with Crippen LogP contribution in [0.15, 0.2) is 48.5 Å². The van der Waals surface area contributed by atoms with Gasteiger partial charge in [-0.3, -0.25) is 14.9 Å². The first-order valence-electron chi connectivity index (χ1n) is 6.84. The molecule has 5 nitrogen and oxygen atoms in total. The molecule has 0 spiro atoms. The van der Waals surface area contributed by atoms with Crippen molar-refractivity contribution in [1.29, 1.82) is 0 Å². The standard InChI is InChI=1S/C16H13F3N2O3/c1-20(10-11-5-7-13(8-6-11)16(17,18)19)15(22)12-3-2-4-14(9-12)21(23)24/h2-9H,10H2,1H3. The SMILES string of the molecule is CN(Cc1ccc(C(F)(F)F)cc1)C(=O)c1cccc([N+](=O)[O-])c1. The molecular formula is C16H13F3N2O3. The van der Waals surface area contributed by atoms with E-state index in [2.05, 4.69) is 0 Å². The van der Waals surface area contributed by atoms with Crippen molar-refractivity contribution in [2.45, 2.75) is 12.7 Å². The topological polar surface area (TPSA) is 63.5 Å². The second-order valence-electron chi connectivity index (χ2n) is 5.16. The Bertz CT molecular complexity index is 758. The lowest BCUT2D eigenvalue weighted by molar-refractivity contribution is -0.384. The molecule has 2 aromatic rings. The van der Waals surface area contributed by atoms with Crippen molar-refractivity contribution in [2.75, 3.05) is 7.05 Å². The monoisotopic (exact) mass is 338 g/mol. The Morgan fingerprint density at radius 1 is 1.17 bits per heavy atom. The maximum Gasteiger partial charge on any atom is 0.416 e. The fourth-order valence-electron chi connectivity index (χ4n) is 2.12. The van der Waals surface area contributed by atoms with Gasteiger partial charge in [0.2, 0.25) is 0 Å². The minimum atomic E-state index is -4.41. The van der Waals surface area contributed by atoms with Crippen LogP contribution in [0.25, 0.3) is 0 Å². The van der Waals surface area contributed by atoms with Crippen molar-refractivity contribution >= 4 is 11.6 Å². The van der Waals surface area contributed by atoms with Crippen molar-refractivity contribution in [2.24, 2.45) is 0 Å².